The first-order valence-electron chi connectivity index (χ1n) is 10.7. The first kappa shape index (κ1) is 19.4. The van der Waals surface area contributed by atoms with Gasteiger partial charge >= 0.3 is 0 Å². The number of hydrogen-bond donors (Lipinski definition) is 1. The quantitative estimate of drug-likeness (QED) is 0.675. The third-order valence-electron chi connectivity index (χ3n) is 6.34. The van der Waals surface area contributed by atoms with Gasteiger partial charge in [-0.1, -0.05) is 41.5 Å². The lowest BCUT2D eigenvalue weighted by Crippen LogP contribution is -2.28. The molecule has 0 unspecified atom stereocenters. The fourth-order valence-electron chi connectivity index (χ4n) is 4.78. The molecular weight excluding hydrogens is 392 g/mol. The molecule has 5 heteroatoms. The number of nitrogens with one attached hydrogen (secondary N) is 1. The molecule has 154 valence electrons. The first-order chi connectivity index (χ1) is 14.7. The van der Waals surface area contributed by atoms with Crippen LogP contribution in [0.25, 0.3) is 17.0 Å². The van der Waals surface area contributed by atoms with Gasteiger partial charge in [0.15, 0.2) is 0 Å². The van der Waals surface area contributed by atoms with Crippen LogP contribution in [-0.2, 0) is 6.54 Å². The van der Waals surface area contributed by atoms with Crippen LogP contribution in [0, 0.1) is 12.8 Å². The zero-order valence-corrected chi connectivity index (χ0v) is 18.0. The maximum Gasteiger partial charge on any atom is 0.105 e. The molecule has 1 aromatic carbocycles. The Hall–Kier alpha value is -2.56. The summed E-state index contributed by atoms with van der Waals surface area (Å²) in [4.78, 5) is 4.37. The van der Waals surface area contributed by atoms with Gasteiger partial charge in [0.05, 0.1) is 0 Å². The van der Waals surface area contributed by atoms with Crippen molar-refractivity contribution in [1.82, 2.24) is 14.9 Å². The molecule has 1 saturated heterocycles. The Morgan fingerprint density at radius 1 is 1.27 bits per heavy atom. The van der Waals surface area contributed by atoms with Gasteiger partial charge in [-0.15, -0.1) is 5.70 Å². The SMILES string of the molecule is Cc1nccn1CCC1=Cc2cc(Cl)ccc2C(C2CCNCC2)=C2[N-]C=CC=C12. The number of nitrogens with zero attached hydrogens (tertiary/aromatic N) is 3. The van der Waals surface area contributed by atoms with Crippen LogP contribution in [-0.4, -0.2) is 22.6 Å². The average molecular weight is 418 g/mol. The van der Waals surface area contributed by atoms with E-state index in [9.17, 15) is 0 Å². The largest absolute Gasteiger partial charge is 0.663 e. The van der Waals surface area contributed by atoms with E-state index in [0.29, 0.717) is 5.92 Å². The van der Waals surface area contributed by atoms with Crippen LogP contribution in [0.5, 0.6) is 0 Å². The zero-order valence-electron chi connectivity index (χ0n) is 17.2. The average Bonchev–Trinajstić information content (AvgIpc) is 3.12. The summed E-state index contributed by atoms with van der Waals surface area (Å²) in [6, 6.07) is 6.30. The Labute approximate surface area is 183 Å². The van der Waals surface area contributed by atoms with Crippen LogP contribution in [0.3, 0.4) is 0 Å². The van der Waals surface area contributed by atoms with E-state index in [1.54, 1.807) is 0 Å². The number of piperidine rings is 1. The van der Waals surface area contributed by atoms with Gasteiger partial charge < -0.3 is 15.2 Å². The highest BCUT2D eigenvalue weighted by atomic mass is 35.5. The zero-order chi connectivity index (χ0) is 20.5. The van der Waals surface area contributed by atoms with Crippen molar-refractivity contribution < 1.29 is 0 Å². The summed E-state index contributed by atoms with van der Waals surface area (Å²) in [5.41, 5.74) is 7.55. The minimum atomic E-state index is 0.503. The van der Waals surface area contributed by atoms with Gasteiger partial charge in [-0.05, 0) is 79.6 Å². The molecule has 2 aromatic rings. The number of aromatic nitrogens is 2. The van der Waals surface area contributed by atoms with Crippen LogP contribution in [0.15, 0.2) is 65.8 Å². The Morgan fingerprint density at radius 2 is 2.13 bits per heavy atom. The van der Waals surface area contributed by atoms with Crippen LogP contribution in [0.2, 0.25) is 5.02 Å². The van der Waals surface area contributed by atoms with Crippen molar-refractivity contribution in [2.24, 2.45) is 5.92 Å². The predicted octanol–water partition coefficient (Wildman–Crippen LogP) is 5.87. The van der Waals surface area contributed by atoms with E-state index in [1.165, 1.54) is 27.8 Å². The van der Waals surface area contributed by atoms with Crippen molar-refractivity contribution in [1.29, 1.82) is 0 Å². The lowest BCUT2D eigenvalue weighted by Gasteiger charge is -2.36. The lowest BCUT2D eigenvalue weighted by atomic mass is 9.82. The van der Waals surface area contributed by atoms with Gasteiger partial charge in [0.2, 0.25) is 0 Å². The number of rotatable bonds is 4. The maximum absolute atomic E-state index is 6.43. The number of hydrogen-bond acceptors (Lipinski definition) is 2. The van der Waals surface area contributed by atoms with Crippen LogP contribution in [0.1, 0.15) is 36.2 Å². The molecule has 1 N–H and O–H groups in total. The van der Waals surface area contributed by atoms with Crippen molar-refractivity contribution in [2.45, 2.75) is 32.7 Å². The second-order valence-corrected chi connectivity index (χ2v) is 8.59. The highest BCUT2D eigenvalue weighted by Gasteiger charge is 2.25. The number of halogens is 1. The van der Waals surface area contributed by atoms with Crippen molar-refractivity contribution >= 4 is 23.3 Å². The Balaban J connectivity index is 1.62. The molecule has 2 aliphatic heterocycles. The molecule has 1 fully saturated rings. The standard InChI is InChI=1S/C25H26ClN4/c1-17-28-12-14-30(17)13-8-19-15-20-16-21(26)4-5-22(20)24(18-6-10-27-11-7-18)25-23(19)3-2-9-29-25/h2-5,9,12,14-16,18,27H,6-8,10-11,13H2,1H3/q-1. The molecule has 5 rings (SSSR count). The minimum absolute atomic E-state index is 0.503. The van der Waals surface area contributed by atoms with Gasteiger partial charge in [0.25, 0.3) is 0 Å². The maximum atomic E-state index is 6.43. The van der Waals surface area contributed by atoms with Gasteiger partial charge in [0.1, 0.15) is 5.82 Å². The summed E-state index contributed by atoms with van der Waals surface area (Å²) in [5.74, 6) is 1.55. The summed E-state index contributed by atoms with van der Waals surface area (Å²) in [7, 11) is 0. The molecular formula is C25H26ClN4-. The van der Waals surface area contributed by atoms with Crippen LogP contribution >= 0.6 is 11.6 Å². The fraction of sp³-hybridized carbons (Fsp3) is 0.320. The molecule has 3 aliphatic rings. The Bertz CT molecular complexity index is 1080. The topological polar surface area (TPSA) is 44.0 Å². The second-order valence-electron chi connectivity index (χ2n) is 8.16. The van der Waals surface area contributed by atoms with E-state index in [-0.39, 0.29) is 0 Å². The van der Waals surface area contributed by atoms with Gasteiger partial charge in [0, 0.05) is 24.0 Å². The van der Waals surface area contributed by atoms with Crippen molar-refractivity contribution in [3.8, 4) is 0 Å². The van der Waals surface area contributed by atoms with Gasteiger partial charge in [-0.3, -0.25) is 0 Å². The number of allylic oxidation sites excluding steroid dienone is 4. The number of imidazole rings is 1. The van der Waals surface area contributed by atoms with E-state index in [4.69, 9.17) is 16.9 Å². The molecule has 0 amide bonds. The molecule has 1 aliphatic carbocycles. The van der Waals surface area contributed by atoms with Crippen LogP contribution in [0.4, 0.5) is 0 Å². The molecule has 0 radical (unpaired) electrons. The molecule has 0 bridgehead atoms. The molecule has 0 saturated carbocycles. The van der Waals surface area contributed by atoms with Gasteiger partial charge in [-0.2, -0.15) is 6.20 Å². The number of fused-ring (bicyclic) bond motifs is 2. The van der Waals surface area contributed by atoms with Crippen molar-refractivity contribution in [3.05, 3.63) is 93.1 Å². The summed E-state index contributed by atoms with van der Waals surface area (Å²) in [5, 5.41) is 9.20. The van der Waals surface area contributed by atoms with Crippen molar-refractivity contribution in [2.75, 3.05) is 13.1 Å². The Kier molecular flexibility index (Phi) is 5.36. The molecule has 0 atom stereocenters. The van der Waals surface area contributed by atoms with E-state index in [1.807, 2.05) is 24.7 Å². The second kappa shape index (κ2) is 8.29. The van der Waals surface area contributed by atoms with Gasteiger partial charge in [-0.25, -0.2) is 4.98 Å². The van der Waals surface area contributed by atoms with E-state index in [2.05, 4.69) is 52.2 Å². The fourth-order valence-corrected chi connectivity index (χ4v) is 4.96. The minimum Gasteiger partial charge on any atom is -0.663 e. The number of benzene rings is 1. The lowest BCUT2D eigenvalue weighted by molar-refractivity contribution is 0.446. The predicted molar refractivity (Wildman–Crippen MR) is 124 cm³/mol. The number of aryl methyl sites for hydroxylation is 2. The first-order valence-corrected chi connectivity index (χ1v) is 11.1. The van der Waals surface area contributed by atoms with Crippen molar-refractivity contribution in [3.63, 3.8) is 0 Å². The van der Waals surface area contributed by atoms with E-state index in [0.717, 1.165) is 55.4 Å². The Morgan fingerprint density at radius 3 is 2.93 bits per heavy atom. The highest BCUT2D eigenvalue weighted by molar-refractivity contribution is 6.30. The molecule has 30 heavy (non-hydrogen) atoms. The molecule has 1 aromatic heterocycles. The molecule has 0 spiro atoms. The third kappa shape index (κ3) is 3.66. The third-order valence-corrected chi connectivity index (χ3v) is 6.57. The van der Waals surface area contributed by atoms with E-state index >= 15 is 0 Å². The normalized spacial score (nSPS) is 18.9. The summed E-state index contributed by atoms with van der Waals surface area (Å²) < 4.78 is 2.21. The highest BCUT2D eigenvalue weighted by Crippen LogP contribution is 2.46. The van der Waals surface area contributed by atoms with E-state index < -0.39 is 0 Å². The summed E-state index contributed by atoms with van der Waals surface area (Å²) >= 11 is 6.43. The summed E-state index contributed by atoms with van der Waals surface area (Å²) in [6.45, 7) is 5.05. The summed E-state index contributed by atoms with van der Waals surface area (Å²) in [6.07, 6.45) is 15.6. The molecule has 3 heterocycles. The van der Waals surface area contributed by atoms with Crippen LogP contribution < -0.4 is 5.32 Å². The monoisotopic (exact) mass is 417 g/mol. The smallest absolute Gasteiger partial charge is 0.105 e. The molecule has 4 nitrogen and oxygen atoms in total.